The Morgan fingerprint density at radius 2 is 1.88 bits per heavy atom. The average Bonchev–Trinajstić information content (AvgIpc) is 2.80. The van der Waals surface area contributed by atoms with Gasteiger partial charge in [0.1, 0.15) is 0 Å². The van der Waals surface area contributed by atoms with Crippen molar-refractivity contribution in [3.63, 3.8) is 0 Å². The highest BCUT2D eigenvalue weighted by Crippen LogP contribution is 2.31. The number of hydrogen-bond acceptors (Lipinski definition) is 2. The van der Waals surface area contributed by atoms with Gasteiger partial charge in [0.2, 0.25) is 0 Å². The summed E-state index contributed by atoms with van der Waals surface area (Å²) in [4.78, 5) is 2.72. The molecule has 1 unspecified atom stereocenters. The standard InChI is InChI=1S/C14H16BrNS/c1-3-16-10(2)13-8-9-14(17-13)11-4-6-12(15)7-5-11/h4-10,16H,3H2,1-2H3. The lowest BCUT2D eigenvalue weighted by atomic mass is 10.2. The van der Waals surface area contributed by atoms with Crippen molar-refractivity contribution >= 4 is 27.3 Å². The Balaban J connectivity index is 2.20. The lowest BCUT2D eigenvalue weighted by molar-refractivity contribution is 0.607. The molecule has 0 aliphatic carbocycles. The largest absolute Gasteiger partial charge is 0.310 e. The fourth-order valence-corrected chi connectivity index (χ4v) is 3.07. The molecule has 3 heteroatoms. The Morgan fingerprint density at radius 1 is 1.18 bits per heavy atom. The second kappa shape index (κ2) is 5.80. The third-order valence-corrected chi connectivity index (χ3v) is 4.54. The topological polar surface area (TPSA) is 12.0 Å². The van der Waals surface area contributed by atoms with E-state index in [0.29, 0.717) is 6.04 Å². The van der Waals surface area contributed by atoms with E-state index < -0.39 is 0 Å². The lowest BCUT2D eigenvalue weighted by Gasteiger charge is -2.08. The molecular weight excluding hydrogens is 294 g/mol. The van der Waals surface area contributed by atoms with Crippen molar-refractivity contribution in [2.75, 3.05) is 6.54 Å². The Hall–Kier alpha value is -0.640. The SMILES string of the molecule is CCNC(C)c1ccc(-c2ccc(Br)cc2)s1. The van der Waals surface area contributed by atoms with Crippen molar-refractivity contribution in [2.24, 2.45) is 0 Å². The van der Waals surface area contributed by atoms with Crippen molar-refractivity contribution in [2.45, 2.75) is 19.9 Å². The van der Waals surface area contributed by atoms with Crippen molar-refractivity contribution in [1.29, 1.82) is 0 Å². The molecule has 0 amide bonds. The zero-order valence-electron chi connectivity index (χ0n) is 10.0. The second-order valence-electron chi connectivity index (χ2n) is 3.99. The van der Waals surface area contributed by atoms with Crippen LogP contribution in [0.5, 0.6) is 0 Å². The normalized spacial score (nSPS) is 12.6. The molecule has 2 aromatic rings. The first kappa shape index (κ1) is 12.8. The third kappa shape index (κ3) is 3.18. The number of rotatable bonds is 4. The molecule has 2 rings (SSSR count). The third-order valence-electron chi connectivity index (χ3n) is 2.69. The minimum Gasteiger partial charge on any atom is -0.310 e. The van der Waals surface area contributed by atoms with Gasteiger partial charge in [-0.25, -0.2) is 0 Å². The van der Waals surface area contributed by atoms with Gasteiger partial charge in [0.25, 0.3) is 0 Å². The van der Waals surface area contributed by atoms with E-state index in [9.17, 15) is 0 Å². The Labute approximate surface area is 115 Å². The summed E-state index contributed by atoms with van der Waals surface area (Å²) in [5, 5.41) is 3.44. The first-order valence-corrected chi connectivity index (χ1v) is 7.40. The van der Waals surface area contributed by atoms with Gasteiger partial charge in [-0.1, -0.05) is 35.0 Å². The number of thiophene rings is 1. The molecule has 0 fully saturated rings. The Kier molecular flexibility index (Phi) is 4.37. The van der Waals surface area contributed by atoms with E-state index in [1.165, 1.54) is 15.3 Å². The van der Waals surface area contributed by atoms with Crippen LogP contribution in [-0.4, -0.2) is 6.54 Å². The zero-order chi connectivity index (χ0) is 12.3. The van der Waals surface area contributed by atoms with Crippen LogP contribution in [-0.2, 0) is 0 Å². The van der Waals surface area contributed by atoms with Crippen molar-refractivity contribution in [3.05, 3.63) is 45.7 Å². The van der Waals surface area contributed by atoms with E-state index in [1.54, 1.807) is 0 Å². The molecule has 90 valence electrons. The van der Waals surface area contributed by atoms with Gasteiger partial charge in [-0.05, 0) is 43.3 Å². The summed E-state index contributed by atoms with van der Waals surface area (Å²) in [6.07, 6.45) is 0. The molecular formula is C14H16BrNS. The molecule has 0 radical (unpaired) electrons. The van der Waals surface area contributed by atoms with E-state index >= 15 is 0 Å². The molecule has 17 heavy (non-hydrogen) atoms. The van der Waals surface area contributed by atoms with Crippen LogP contribution >= 0.6 is 27.3 Å². The molecule has 0 spiro atoms. The molecule has 1 heterocycles. The molecule has 0 aliphatic rings. The molecule has 0 aliphatic heterocycles. The van der Waals surface area contributed by atoms with Gasteiger partial charge in [0.05, 0.1) is 0 Å². The summed E-state index contributed by atoms with van der Waals surface area (Å²) < 4.78 is 1.12. The maximum atomic E-state index is 3.46. The van der Waals surface area contributed by atoms with Gasteiger partial charge in [-0.15, -0.1) is 11.3 Å². The fourth-order valence-electron chi connectivity index (χ4n) is 1.76. The molecule has 0 bridgehead atoms. The average molecular weight is 310 g/mol. The summed E-state index contributed by atoms with van der Waals surface area (Å²) in [5.41, 5.74) is 1.29. The first-order chi connectivity index (χ1) is 8.20. The molecule has 1 aromatic carbocycles. The molecule has 1 N–H and O–H groups in total. The van der Waals surface area contributed by atoms with Gasteiger partial charge in [-0.3, -0.25) is 0 Å². The number of hydrogen-bond donors (Lipinski definition) is 1. The van der Waals surface area contributed by atoms with Crippen LogP contribution in [0.25, 0.3) is 10.4 Å². The monoisotopic (exact) mass is 309 g/mol. The number of nitrogens with one attached hydrogen (secondary N) is 1. The maximum Gasteiger partial charge on any atom is 0.0386 e. The lowest BCUT2D eigenvalue weighted by Crippen LogP contribution is -2.16. The summed E-state index contributed by atoms with van der Waals surface area (Å²) in [6.45, 7) is 5.35. The smallest absolute Gasteiger partial charge is 0.0386 e. The van der Waals surface area contributed by atoms with E-state index in [1.807, 2.05) is 11.3 Å². The highest BCUT2D eigenvalue weighted by Gasteiger charge is 2.08. The number of benzene rings is 1. The molecule has 1 aromatic heterocycles. The maximum absolute atomic E-state index is 3.46. The zero-order valence-corrected chi connectivity index (χ0v) is 12.4. The molecule has 0 saturated heterocycles. The Morgan fingerprint density at radius 3 is 2.53 bits per heavy atom. The summed E-state index contributed by atoms with van der Waals surface area (Å²) in [5.74, 6) is 0. The minimum atomic E-state index is 0.439. The second-order valence-corrected chi connectivity index (χ2v) is 6.02. The van der Waals surface area contributed by atoms with E-state index in [4.69, 9.17) is 0 Å². The number of halogens is 1. The van der Waals surface area contributed by atoms with Crippen LogP contribution in [0.2, 0.25) is 0 Å². The van der Waals surface area contributed by atoms with Gasteiger partial charge in [0, 0.05) is 20.3 Å². The van der Waals surface area contributed by atoms with Gasteiger partial charge >= 0.3 is 0 Å². The van der Waals surface area contributed by atoms with Crippen molar-refractivity contribution < 1.29 is 0 Å². The van der Waals surface area contributed by atoms with Gasteiger partial charge in [-0.2, -0.15) is 0 Å². The summed E-state index contributed by atoms with van der Waals surface area (Å²) in [6, 6.07) is 13.3. The summed E-state index contributed by atoms with van der Waals surface area (Å²) in [7, 11) is 0. The van der Waals surface area contributed by atoms with Crippen molar-refractivity contribution in [1.82, 2.24) is 5.32 Å². The van der Waals surface area contributed by atoms with Crippen LogP contribution in [0, 0.1) is 0 Å². The van der Waals surface area contributed by atoms with E-state index in [2.05, 4.69) is 71.5 Å². The molecule has 1 atom stereocenters. The highest BCUT2D eigenvalue weighted by atomic mass is 79.9. The highest BCUT2D eigenvalue weighted by molar-refractivity contribution is 9.10. The predicted octanol–water partition coefficient (Wildman–Crippen LogP) is 4.85. The van der Waals surface area contributed by atoms with Gasteiger partial charge < -0.3 is 5.32 Å². The minimum absolute atomic E-state index is 0.439. The predicted molar refractivity (Wildman–Crippen MR) is 79.5 cm³/mol. The Bertz CT molecular complexity index is 475. The summed E-state index contributed by atoms with van der Waals surface area (Å²) >= 11 is 5.32. The van der Waals surface area contributed by atoms with Crippen LogP contribution < -0.4 is 5.32 Å². The van der Waals surface area contributed by atoms with E-state index in [-0.39, 0.29) is 0 Å². The van der Waals surface area contributed by atoms with Crippen LogP contribution in [0.15, 0.2) is 40.9 Å². The molecule has 0 saturated carbocycles. The fraction of sp³-hybridized carbons (Fsp3) is 0.286. The molecule has 1 nitrogen and oxygen atoms in total. The van der Waals surface area contributed by atoms with Crippen LogP contribution in [0.4, 0.5) is 0 Å². The van der Waals surface area contributed by atoms with E-state index in [0.717, 1.165) is 11.0 Å². The van der Waals surface area contributed by atoms with Crippen LogP contribution in [0.3, 0.4) is 0 Å². The first-order valence-electron chi connectivity index (χ1n) is 5.79. The van der Waals surface area contributed by atoms with Crippen LogP contribution in [0.1, 0.15) is 24.8 Å². The quantitative estimate of drug-likeness (QED) is 0.851. The van der Waals surface area contributed by atoms with Crippen molar-refractivity contribution in [3.8, 4) is 10.4 Å². The van der Waals surface area contributed by atoms with Gasteiger partial charge in [0.15, 0.2) is 0 Å².